The second-order valence-electron chi connectivity index (χ2n) is 4.56. The van der Waals surface area contributed by atoms with Gasteiger partial charge in [0.1, 0.15) is 0 Å². The van der Waals surface area contributed by atoms with Crippen molar-refractivity contribution in [3.63, 3.8) is 0 Å². The van der Waals surface area contributed by atoms with Crippen molar-refractivity contribution in [2.75, 3.05) is 0 Å². The van der Waals surface area contributed by atoms with Crippen molar-refractivity contribution >= 4 is 11.6 Å². The minimum atomic E-state index is -0.468. The molecule has 1 aromatic rings. The summed E-state index contributed by atoms with van der Waals surface area (Å²) in [7, 11) is 0. The average Bonchev–Trinajstić information content (AvgIpc) is 2.36. The number of fused-ring (bicyclic) bond motifs is 1. The average molecular weight is 244 g/mol. The van der Waals surface area contributed by atoms with Crippen molar-refractivity contribution < 1.29 is 14.7 Å². The molecule has 0 unspecified atom stereocenters. The summed E-state index contributed by atoms with van der Waals surface area (Å²) < 4.78 is 0. The predicted molar refractivity (Wildman–Crippen MR) is 69.0 cm³/mol. The van der Waals surface area contributed by atoms with Crippen molar-refractivity contribution in [3.8, 4) is 0 Å². The zero-order valence-electron chi connectivity index (χ0n) is 10.4. The van der Waals surface area contributed by atoms with Gasteiger partial charge in [-0.25, -0.2) is 0 Å². The van der Waals surface area contributed by atoms with Crippen LogP contribution >= 0.6 is 0 Å². The molecule has 0 aliphatic heterocycles. The summed E-state index contributed by atoms with van der Waals surface area (Å²) >= 11 is 0. The summed E-state index contributed by atoms with van der Waals surface area (Å²) in [6.45, 7) is 2.14. The van der Waals surface area contributed by atoms with Crippen LogP contribution in [0.15, 0.2) is 30.0 Å². The van der Waals surface area contributed by atoms with Gasteiger partial charge in [0.2, 0.25) is 5.78 Å². The third-order valence-corrected chi connectivity index (χ3v) is 3.16. The standard InChI is InChI=1S/C15H16O3/c1-2-3-4-5-10-6-7-11-12(8-10)13(16)9-14(17)15(11)18/h6-9,17H,2-5H2,1H3. The molecule has 2 rings (SSSR count). The van der Waals surface area contributed by atoms with Crippen LogP contribution in [0.25, 0.3) is 0 Å². The molecule has 0 heterocycles. The van der Waals surface area contributed by atoms with Gasteiger partial charge in [-0.05, 0) is 30.5 Å². The fourth-order valence-electron chi connectivity index (χ4n) is 2.13. The van der Waals surface area contributed by atoms with Gasteiger partial charge in [-0.15, -0.1) is 0 Å². The van der Waals surface area contributed by atoms with E-state index in [4.69, 9.17) is 0 Å². The Labute approximate surface area is 106 Å². The van der Waals surface area contributed by atoms with Gasteiger partial charge in [0.05, 0.1) is 0 Å². The van der Waals surface area contributed by atoms with Crippen LogP contribution in [0.4, 0.5) is 0 Å². The first-order valence-corrected chi connectivity index (χ1v) is 6.26. The summed E-state index contributed by atoms with van der Waals surface area (Å²) in [6, 6.07) is 5.27. The second kappa shape index (κ2) is 5.17. The van der Waals surface area contributed by atoms with Gasteiger partial charge in [0.15, 0.2) is 11.5 Å². The van der Waals surface area contributed by atoms with E-state index < -0.39 is 11.5 Å². The van der Waals surface area contributed by atoms with Gasteiger partial charge in [-0.3, -0.25) is 9.59 Å². The first-order valence-electron chi connectivity index (χ1n) is 6.26. The maximum absolute atomic E-state index is 11.7. The van der Waals surface area contributed by atoms with Crippen LogP contribution in [0.1, 0.15) is 52.5 Å². The van der Waals surface area contributed by atoms with E-state index in [9.17, 15) is 14.7 Å². The van der Waals surface area contributed by atoms with Crippen molar-refractivity contribution in [1.29, 1.82) is 0 Å². The van der Waals surface area contributed by atoms with Gasteiger partial charge in [-0.1, -0.05) is 25.8 Å². The minimum absolute atomic E-state index is 0.292. The third kappa shape index (κ3) is 2.35. The Balaban J connectivity index is 2.26. The summed E-state index contributed by atoms with van der Waals surface area (Å²) in [5, 5.41) is 9.33. The predicted octanol–water partition coefficient (Wildman–Crippen LogP) is 3.24. The van der Waals surface area contributed by atoms with Gasteiger partial charge < -0.3 is 5.11 Å². The number of unbranched alkanes of at least 4 members (excludes halogenated alkanes) is 2. The summed E-state index contributed by atoms with van der Waals surface area (Å²) in [5.41, 5.74) is 1.78. The Morgan fingerprint density at radius 3 is 2.61 bits per heavy atom. The lowest BCUT2D eigenvalue weighted by molar-refractivity contribution is 0.0939. The molecule has 0 bridgehead atoms. The number of hydrogen-bond donors (Lipinski definition) is 1. The molecule has 0 radical (unpaired) electrons. The van der Waals surface area contributed by atoms with E-state index in [2.05, 4.69) is 6.92 Å². The molecule has 94 valence electrons. The highest BCUT2D eigenvalue weighted by atomic mass is 16.3. The van der Waals surface area contributed by atoms with E-state index in [-0.39, 0.29) is 5.78 Å². The minimum Gasteiger partial charge on any atom is -0.504 e. The van der Waals surface area contributed by atoms with Crippen LogP contribution in [0, 0.1) is 0 Å². The van der Waals surface area contributed by atoms with Gasteiger partial charge in [0.25, 0.3) is 0 Å². The summed E-state index contributed by atoms with van der Waals surface area (Å²) in [4.78, 5) is 23.4. The highest BCUT2D eigenvalue weighted by Crippen LogP contribution is 2.22. The fraction of sp³-hybridized carbons (Fsp3) is 0.333. The first-order chi connectivity index (χ1) is 8.63. The number of hydrogen-bond acceptors (Lipinski definition) is 3. The van der Waals surface area contributed by atoms with Crippen LogP contribution in [-0.4, -0.2) is 16.7 Å². The lowest BCUT2D eigenvalue weighted by Gasteiger charge is -2.12. The number of benzene rings is 1. The number of carbonyl (C=O) groups is 2. The number of ketones is 2. The van der Waals surface area contributed by atoms with Crippen molar-refractivity contribution in [2.24, 2.45) is 0 Å². The van der Waals surface area contributed by atoms with Gasteiger partial charge >= 0.3 is 0 Å². The van der Waals surface area contributed by atoms with Crippen LogP contribution in [0.5, 0.6) is 0 Å². The van der Waals surface area contributed by atoms with Crippen molar-refractivity contribution in [1.82, 2.24) is 0 Å². The van der Waals surface area contributed by atoms with Crippen LogP contribution in [-0.2, 0) is 6.42 Å². The van der Waals surface area contributed by atoms with Gasteiger partial charge in [-0.2, -0.15) is 0 Å². The molecule has 18 heavy (non-hydrogen) atoms. The number of aryl methyl sites for hydroxylation is 1. The summed E-state index contributed by atoms with van der Waals surface area (Å²) in [5.74, 6) is -1.23. The molecule has 0 fully saturated rings. The molecular formula is C15H16O3. The molecule has 1 aliphatic carbocycles. The smallest absolute Gasteiger partial charge is 0.228 e. The molecule has 0 saturated carbocycles. The van der Waals surface area contributed by atoms with Gasteiger partial charge in [0, 0.05) is 17.2 Å². The monoisotopic (exact) mass is 244 g/mol. The summed E-state index contributed by atoms with van der Waals surface area (Å²) in [6.07, 6.45) is 5.31. The largest absolute Gasteiger partial charge is 0.504 e. The Morgan fingerprint density at radius 2 is 1.89 bits per heavy atom. The molecule has 0 aromatic heterocycles. The van der Waals surface area contributed by atoms with Crippen LogP contribution in [0.2, 0.25) is 0 Å². The quantitative estimate of drug-likeness (QED) is 0.827. The maximum Gasteiger partial charge on any atom is 0.228 e. The molecule has 3 nitrogen and oxygen atoms in total. The van der Waals surface area contributed by atoms with E-state index in [0.29, 0.717) is 11.1 Å². The number of aliphatic hydroxyl groups excluding tert-OH is 1. The topological polar surface area (TPSA) is 54.4 Å². The van der Waals surface area contributed by atoms with E-state index in [1.165, 1.54) is 0 Å². The molecule has 1 aliphatic rings. The van der Waals surface area contributed by atoms with E-state index in [1.54, 1.807) is 12.1 Å². The molecule has 0 saturated heterocycles. The lowest BCUT2D eigenvalue weighted by atomic mass is 9.91. The fourth-order valence-corrected chi connectivity index (χ4v) is 2.13. The van der Waals surface area contributed by atoms with Crippen molar-refractivity contribution in [3.05, 3.63) is 46.7 Å². The van der Waals surface area contributed by atoms with Crippen LogP contribution < -0.4 is 0 Å². The molecular weight excluding hydrogens is 228 g/mol. The SMILES string of the molecule is CCCCCc1ccc2c(c1)C(=O)C=C(O)C2=O. The number of allylic oxidation sites excluding steroid dienone is 2. The highest BCUT2D eigenvalue weighted by Gasteiger charge is 2.25. The molecule has 0 atom stereocenters. The Bertz CT molecular complexity index is 527. The number of Topliss-reactive ketones (excluding diaryl/α,β-unsaturated/α-hetero) is 1. The molecule has 0 spiro atoms. The highest BCUT2D eigenvalue weighted by molar-refractivity contribution is 6.23. The molecule has 3 heteroatoms. The molecule has 0 amide bonds. The van der Waals surface area contributed by atoms with E-state index >= 15 is 0 Å². The first kappa shape index (κ1) is 12.6. The zero-order valence-corrected chi connectivity index (χ0v) is 10.4. The Kier molecular flexibility index (Phi) is 3.60. The Hall–Kier alpha value is -1.90. The zero-order chi connectivity index (χ0) is 13.1. The van der Waals surface area contributed by atoms with Crippen molar-refractivity contribution in [2.45, 2.75) is 32.6 Å². The number of aliphatic hydroxyl groups is 1. The molecule has 1 N–H and O–H groups in total. The Morgan fingerprint density at radius 1 is 1.11 bits per heavy atom. The van der Waals surface area contributed by atoms with E-state index in [1.807, 2.05) is 6.07 Å². The lowest BCUT2D eigenvalue weighted by Crippen LogP contribution is -2.17. The molecule has 1 aromatic carbocycles. The second-order valence-corrected chi connectivity index (χ2v) is 4.56. The number of rotatable bonds is 4. The van der Waals surface area contributed by atoms with E-state index in [0.717, 1.165) is 37.3 Å². The maximum atomic E-state index is 11.7. The van der Waals surface area contributed by atoms with Crippen LogP contribution in [0.3, 0.4) is 0 Å². The normalized spacial score (nSPS) is 14.4. The number of carbonyl (C=O) groups excluding carboxylic acids is 2. The third-order valence-electron chi connectivity index (χ3n) is 3.16.